The predicted molar refractivity (Wildman–Crippen MR) is 119 cm³/mol. The molecule has 3 N–H and O–H groups in total. The van der Waals surface area contributed by atoms with E-state index in [1.54, 1.807) is 6.07 Å². The van der Waals surface area contributed by atoms with Crippen molar-refractivity contribution in [2.45, 2.75) is 6.92 Å². The first-order chi connectivity index (χ1) is 16.2. The number of benzene rings is 3. The Labute approximate surface area is 190 Å². The summed E-state index contributed by atoms with van der Waals surface area (Å²) in [5.74, 6) is -4.60. The van der Waals surface area contributed by atoms with Crippen molar-refractivity contribution in [3.05, 3.63) is 83.9 Å². The van der Waals surface area contributed by atoms with Crippen molar-refractivity contribution in [3.63, 3.8) is 0 Å². The largest absolute Gasteiger partial charge is 0.351 e. The minimum absolute atomic E-state index is 0.0395. The highest BCUT2D eigenvalue weighted by Crippen LogP contribution is 2.37. The number of primary amides is 1. The van der Waals surface area contributed by atoms with Gasteiger partial charge in [0.05, 0.1) is 5.69 Å². The molecule has 1 aromatic heterocycles. The number of rotatable bonds is 4. The molecule has 4 aromatic rings. The van der Waals surface area contributed by atoms with Gasteiger partial charge in [-0.15, -0.1) is 0 Å². The van der Waals surface area contributed by atoms with Crippen molar-refractivity contribution in [1.29, 1.82) is 0 Å². The molecule has 0 spiro atoms. The molecule has 34 heavy (non-hydrogen) atoms. The molecule has 0 saturated heterocycles. The van der Waals surface area contributed by atoms with Gasteiger partial charge in [-0.2, -0.15) is 0 Å². The van der Waals surface area contributed by atoms with Crippen molar-refractivity contribution >= 4 is 39.9 Å². The Hall–Kier alpha value is -4.47. The van der Waals surface area contributed by atoms with Crippen LogP contribution in [0.4, 0.5) is 39.5 Å². The van der Waals surface area contributed by atoms with E-state index in [0.717, 1.165) is 30.3 Å². The van der Waals surface area contributed by atoms with Crippen molar-refractivity contribution in [2.24, 2.45) is 5.73 Å². The number of hydrogen-bond acceptors (Lipinski definition) is 3. The molecule has 6 nitrogen and oxygen atoms in total. The summed E-state index contributed by atoms with van der Waals surface area (Å²) in [4.78, 5) is 28.6. The fraction of sp³-hybridized carbons (Fsp3) is 0.0417. The third-order valence-electron chi connectivity index (χ3n) is 4.93. The molecule has 3 amide bonds. The van der Waals surface area contributed by atoms with Gasteiger partial charge in [-0.05, 0) is 47.9 Å². The van der Waals surface area contributed by atoms with Gasteiger partial charge in [0.2, 0.25) is 5.91 Å². The Kier molecular flexibility index (Phi) is 5.89. The normalized spacial score (nSPS) is 10.9. The second-order valence-corrected chi connectivity index (χ2v) is 7.31. The van der Waals surface area contributed by atoms with Crippen LogP contribution in [0, 0.1) is 23.3 Å². The van der Waals surface area contributed by atoms with Crippen LogP contribution in [0.1, 0.15) is 6.92 Å². The third kappa shape index (κ3) is 4.25. The van der Waals surface area contributed by atoms with E-state index in [9.17, 15) is 27.2 Å². The van der Waals surface area contributed by atoms with E-state index in [1.165, 1.54) is 25.1 Å². The quantitative estimate of drug-likeness (QED) is 0.380. The lowest BCUT2D eigenvalue weighted by atomic mass is 10.0. The molecule has 0 saturated carbocycles. The van der Waals surface area contributed by atoms with E-state index in [4.69, 9.17) is 5.73 Å². The second kappa shape index (κ2) is 8.81. The van der Waals surface area contributed by atoms with E-state index in [1.807, 2.05) is 0 Å². The smallest absolute Gasteiger partial charge is 0.325 e. The fourth-order valence-electron chi connectivity index (χ4n) is 3.57. The van der Waals surface area contributed by atoms with Crippen molar-refractivity contribution < 1.29 is 27.2 Å². The van der Waals surface area contributed by atoms with Crippen LogP contribution in [-0.4, -0.2) is 16.9 Å². The molecule has 172 valence electrons. The Balaban J connectivity index is 2.04. The van der Waals surface area contributed by atoms with Gasteiger partial charge in [0.25, 0.3) is 0 Å². The number of nitrogens with zero attached hydrogens (tertiary/aromatic N) is 2. The van der Waals surface area contributed by atoms with E-state index >= 15 is 0 Å². The first-order valence-corrected chi connectivity index (χ1v) is 9.87. The Morgan fingerprint density at radius 3 is 2.24 bits per heavy atom. The minimum Gasteiger partial charge on any atom is -0.351 e. The monoisotopic (exact) mass is 468 g/mol. The molecule has 0 atom stereocenters. The number of pyridine rings is 1. The first kappa shape index (κ1) is 22.7. The topological polar surface area (TPSA) is 88.3 Å². The lowest BCUT2D eigenvalue weighted by Gasteiger charge is -2.22. The number of para-hydroxylation sites is 1. The SMILES string of the molecule is CC(=O)Nc1ccc2c(-c3ccc(F)cc3F)nc(N(C(N)=O)c3c(F)cccc3F)cc2c1. The maximum Gasteiger partial charge on any atom is 0.325 e. The molecule has 3 aromatic carbocycles. The van der Waals surface area contributed by atoms with E-state index in [2.05, 4.69) is 10.3 Å². The number of carbonyl (C=O) groups is 2. The van der Waals surface area contributed by atoms with Crippen LogP contribution in [0.25, 0.3) is 22.0 Å². The number of anilines is 3. The van der Waals surface area contributed by atoms with Gasteiger partial charge in [-0.1, -0.05) is 12.1 Å². The zero-order chi connectivity index (χ0) is 24.6. The van der Waals surface area contributed by atoms with Crippen LogP contribution in [-0.2, 0) is 4.79 Å². The molecule has 0 unspecified atom stereocenters. The minimum atomic E-state index is -1.25. The summed E-state index contributed by atoms with van der Waals surface area (Å²) < 4.78 is 57.3. The highest BCUT2D eigenvalue weighted by Gasteiger charge is 2.26. The second-order valence-electron chi connectivity index (χ2n) is 7.31. The first-order valence-electron chi connectivity index (χ1n) is 9.87. The summed E-state index contributed by atoms with van der Waals surface area (Å²) in [6, 6.07) is 10.4. The maximum absolute atomic E-state index is 14.7. The van der Waals surface area contributed by atoms with Gasteiger partial charge in [0.1, 0.15) is 34.8 Å². The summed E-state index contributed by atoms with van der Waals surface area (Å²) in [5.41, 5.74) is 4.88. The summed E-state index contributed by atoms with van der Waals surface area (Å²) in [6.45, 7) is 1.30. The Morgan fingerprint density at radius 2 is 1.62 bits per heavy atom. The molecule has 10 heteroatoms. The van der Waals surface area contributed by atoms with Gasteiger partial charge in [0.15, 0.2) is 0 Å². The fourth-order valence-corrected chi connectivity index (χ4v) is 3.57. The van der Waals surface area contributed by atoms with E-state index in [-0.39, 0.29) is 23.0 Å². The summed E-state index contributed by atoms with van der Waals surface area (Å²) >= 11 is 0. The molecule has 0 aliphatic rings. The molecule has 0 aliphatic heterocycles. The van der Waals surface area contributed by atoms with Crippen LogP contribution in [0.15, 0.2) is 60.7 Å². The van der Waals surface area contributed by atoms with Gasteiger partial charge < -0.3 is 11.1 Å². The highest BCUT2D eigenvalue weighted by atomic mass is 19.1. The number of carbonyl (C=O) groups excluding carboxylic acids is 2. The number of amides is 3. The molecule has 0 radical (unpaired) electrons. The molecular formula is C24H16F4N4O2. The van der Waals surface area contributed by atoms with Gasteiger partial charge in [0, 0.05) is 29.6 Å². The number of halogens is 4. The molecule has 0 bridgehead atoms. The van der Waals surface area contributed by atoms with Crippen LogP contribution in [0.3, 0.4) is 0 Å². The van der Waals surface area contributed by atoms with E-state index < -0.39 is 35.0 Å². The van der Waals surface area contributed by atoms with Crippen molar-refractivity contribution in [1.82, 2.24) is 4.98 Å². The number of hydrogen-bond donors (Lipinski definition) is 2. The summed E-state index contributed by atoms with van der Waals surface area (Å²) in [5, 5.41) is 3.28. The molecule has 0 fully saturated rings. The standard InChI is InChI=1S/C24H16F4N4O2/c1-12(33)30-15-6-8-16-13(9-15)10-21(31-22(16)17-7-5-14(25)11-20(17)28)32(24(29)34)23-18(26)3-2-4-19(23)27/h2-11H,1H3,(H2,29,34)(H,30,33). The average Bonchev–Trinajstić information content (AvgIpc) is 2.75. The molecule has 4 rings (SSSR count). The number of aromatic nitrogens is 1. The number of nitrogens with two attached hydrogens (primary N) is 1. The van der Waals surface area contributed by atoms with Crippen LogP contribution in [0.5, 0.6) is 0 Å². The molecule has 0 aliphatic carbocycles. The van der Waals surface area contributed by atoms with Crippen LogP contribution in [0.2, 0.25) is 0 Å². The maximum atomic E-state index is 14.7. The number of nitrogens with one attached hydrogen (secondary N) is 1. The summed E-state index contributed by atoms with van der Waals surface area (Å²) in [6.07, 6.45) is 0. The zero-order valence-electron chi connectivity index (χ0n) is 17.6. The zero-order valence-corrected chi connectivity index (χ0v) is 17.6. The van der Waals surface area contributed by atoms with Crippen LogP contribution >= 0.6 is 0 Å². The Bertz CT molecular complexity index is 1440. The predicted octanol–water partition coefficient (Wildman–Crippen LogP) is 5.63. The van der Waals surface area contributed by atoms with Gasteiger partial charge in [-0.3, -0.25) is 4.79 Å². The third-order valence-corrected chi connectivity index (χ3v) is 4.93. The molecule has 1 heterocycles. The van der Waals surface area contributed by atoms with Crippen LogP contribution < -0.4 is 16.0 Å². The number of urea groups is 1. The molecular weight excluding hydrogens is 452 g/mol. The van der Waals surface area contributed by atoms with Gasteiger partial charge in [-0.25, -0.2) is 32.2 Å². The highest BCUT2D eigenvalue weighted by molar-refractivity contribution is 6.04. The van der Waals surface area contributed by atoms with Crippen molar-refractivity contribution in [2.75, 3.05) is 10.2 Å². The van der Waals surface area contributed by atoms with Crippen molar-refractivity contribution in [3.8, 4) is 11.3 Å². The lowest BCUT2D eigenvalue weighted by Crippen LogP contribution is -2.33. The Morgan fingerprint density at radius 1 is 0.912 bits per heavy atom. The number of fused-ring (bicyclic) bond motifs is 1. The average molecular weight is 468 g/mol. The summed E-state index contributed by atoms with van der Waals surface area (Å²) in [7, 11) is 0. The lowest BCUT2D eigenvalue weighted by molar-refractivity contribution is -0.114. The van der Waals surface area contributed by atoms with E-state index in [0.29, 0.717) is 27.4 Å². The van der Waals surface area contributed by atoms with Gasteiger partial charge >= 0.3 is 6.03 Å².